The zero-order valence-corrected chi connectivity index (χ0v) is 20.1. The van der Waals surface area contributed by atoms with Gasteiger partial charge in [0.2, 0.25) is 0 Å². The van der Waals surface area contributed by atoms with Gasteiger partial charge in [-0.1, -0.05) is 17.7 Å². The summed E-state index contributed by atoms with van der Waals surface area (Å²) in [4.78, 5) is 21.4. The number of pyridine rings is 1. The lowest BCUT2D eigenvalue weighted by Gasteiger charge is -2.34. The van der Waals surface area contributed by atoms with Gasteiger partial charge >= 0.3 is 0 Å². The van der Waals surface area contributed by atoms with Gasteiger partial charge in [0.25, 0.3) is 6.43 Å². The number of thioether (sulfide) groups is 1. The maximum Gasteiger partial charge on any atom is 0.253 e. The van der Waals surface area contributed by atoms with E-state index >= 15 is 0 Å². The van der Waals surface area contributed by atoms with E-state index in [2.05, 4.69) is 15.9 Å². The number of carbonyl (C=O) groups is 1. The molecular formula is C25H23F4N3O2S. The number of amidine groups is 1. The lowest BCUT2D eigenvalue weighted by molar-refractivity contribution is 0.0987. The average molecular weight is 506 g/mol. The standard InChI is InChI=1S/C25H23F4N3O2S/c1-5-13(3)34-15-6-12(2)21(31-11-15)18(33)9-14-7-16(20(27)17(26)8-14)24(4)19-10-25(19,22(28)29)35-23(30)32-24/h1,6-8,11,13,19,22H,9-10H2,2-4H3,(H2,30,32)/t13-,19-,24+,25-/m0/s1. The smallest absolute Gasteiger partial charge is 0.253 e. The molecule has 2 aromatic rings. The maximum atomic E-state index is 15.0. The molecular weight excluding hydrogens is 482 g/mol. The van der Waals surface area contributed by atoms with Gasteiger partial charge in [-0.3, -0.25) is 9.79 Å². The van der Waals surface area contributed by atoms with Crippen LogP contribution < -0.4 is 10.5 Å². The van der Waals surface area contributed by atoms with Crippen molar-refractivity contribution >= 4 is 22.7 Å². The van der Waals surface area contributed by atoms with Crippen LogP contribution in [0.15, 0.2) is 29.4 Å². The predicted octanol–water partition coefficient (Wildman–Crippen LogP) is 4.79. The van der Waals surface area contributed by atoms with Gasteiger partial charge in [0, 0.05) is 17.9 Å². The highest BCUT2D eigenvalue weighted by Gasteiger charge is 2.71. The largest absolute Gasteiger partial charge is 0.476 e. The second kappa shape index (κ2) is 8.86. The molecule has 0 saturated heterocycles. The molecule has 0 radical (unpaired) electrons. The van der Waals surface area contributed by atoms with E-state index in [1.54, 1.807) is 19.9 Å². The zero-order valence-electron chi connectivity index (χ0n) is 19.2. The van der Waals surface area contributed by atoms with Gasteiger partial charge in [0.15, 0.2) is 28.7 Å². The van der Waals surface area contributed by atoms with Crippen LogP contribution in [-0.4, -0.2) is 33.2 Å². The van der Waals surface area contributed by atoms with E-state index in [0.717, 1.165) is 17.8 Å². The lowest BCUT2D eigenvalue weighted by atomic mass is 9.84. The molecule has 0 amide bonds. The molecule has 4 atom stereocenters. The van der Waals surface area contributed by atoms with Crippen molar-refractivity contribution in [1.29, 1.82) is 0 Å². The summed E-state index contributed by atoms with van der Waals surface area (Å²) in [6.45, 7) is 4.82. The number of Topliss-reactive ketones (excluding diaryl/α,β-unsaturated/α-hetero) is 1. The van der Waals surface area contributed by atoms with Crippen molar-refractivity contribution in [3.63, 3.8) is 0 Å². The van der Waals surface area contributed by atoms with Gasteiger partial charge in [-0.25, -0.2) is 22.5 Å². The van der Waals surface area contributed by atoms with Crippen molar-refractivity contribution in [3.05, 3.63) is 58.4 Å². The number of halogens is 4. The van der Waals surface area contributed by atoms with Gasteiger partial charge in [0.05, 0.1) is 16.5 Å². The summed E-state index contributed by atoms with van der Waals surface area (Å²) in [5, 5.41) is -0.107. The second-order valence-electron chi connectivity index (χ2n) is 9.01. The molecule has 1 aliphatic heterocycles. The number of nitrogens with two attached hydrogens (primary N) is 1. The molecule has 1 fully saturated rings. The highest BCUT2D eigenvalue weighted by Crippen LogP contribution is 2.68. The van der Waals surface area contributed by atoms with E-state index in [1.807, 2.05) is 0 Å². The Balaban J connectivity index is 1.64. The molecule has 1 aromatic heterocycles. The van der Waals surface area contributed by atoms with Crippen LogP contribution in [0.2, 0.25) is 0 Å². The number of terminal acetylenes is 1. The number of hydrogen-bond donors (Lipinski definition) is 1. The van der Waals surface area contributed by atoms with E-state index < -0.39 is 46.2 Å². The van der Waals surface area contributed by atoms with Gasteiger partial charge < -0.3 is 10.5 Å². The normalized spacial score (nSPS) is 25.9. The molecule has 2 heterocycles. The molecule has 1 saturated carbocycles. The first-order valence-corrected chi connectivity index (χ1v) is 11.7. The number of carbonyl (C=O) groups excluding carboxylic acids is 1. The Morgan fingerprint density at radius 3 is 2.71 bits per heavy atom. The third-order valence-electron chi connectivity index (χ3n) is 6.50. The van der Waals surface area contributed by atoms with Crippen LogP contribution >= 0.6 is 11.8 Å². The minimum atomic E-state index is -2.70. The molecule has 5 nitrogen and oxygen atoms in total. The molecule has 184 valence electrons. The summed E-state index contributed by atoms with van der Waals surface area (Å²) in [7, 11) is 0. The Hall–Kier alpha value is -3.06. The fraction of sp³-hybridized carbons (Fsp3) is 0.400. The molecule has 35 heavy (non-hydrogen) atoms. The van der Waals surface area contributed by atoms with Crippen molar-refractivity contribution in [1.82, 2.24) is 4.98 Å². The van der Waals surface area contributed by atoms with Crippen LogP contribution in [0.4, 0.5) is 17.6 Å². The number of aromatic nitrogens is 1. The van der Waals surface area contributed by atoms with Crippen LogP contribution in [0.5, 0.6) is 5.75 Å². The summed E-state index contributed by atoms with van der Waals surface area (Å²) >= 11 is 0.776. The van der Waals surface area contributed by atoms with E-state index in [-0.39, 0.29) is 34.8 Å². The van der Waals surface area contributed by atoms with Crippen LogP contribution in [0.3, 0.4) is 0 Å². The van der Waals surface area contributed by atoms with Crippen molar-refractivity contribution in [2.24, 2.45) is 16.6 Å². The summed E-state index contributed by atoms with van der Waals surface area (Å²) < 4.78 is 61.2. The third kappa shape index (κ3) is 4.38. The zero-order chi connectivity index (χ0) is 25.7. The maximum absolute atomic E-state index is 15.0. The first kappa shape index (κ1) is 25.0. The monoisotopic (exact) mass is 505 g/mol. The molecule has 0 unspecified atom stereocenters. The number of benzene rings is 1. The SMILES string of the molecule is C#C[C@H](C)Oc1cnc(C(=O)Cc2cc(F)c(F)c([C@@]3(C)N=C(N)S[C@@]4(C(F)F)C[C@@H]34)c2)c(C)c1. The van der Waals surface area contributed by atoms with Crippen molar-refractivity contribution in [3.8, 4) is 18.1 Å². The molecule has 2 N–H and O–H groups in total. The Labute approximate surface area is 204 Å². The number of aryl methyl sites for hydroxylation is 1. The molecule has 1 aromatic carbocycles. The summed E-state index contributed by atoms with van der Waals surface area (Å²) in [5.74, 6) is -0.735. The Morgan fingerprint density at radius 1 is 1.37 bits per heavy atom. The number of fused-ring (bicyclic) bond motifs is 1. The third-order valence-corrected chi connectivity index (χ3v) is 7.81. The fourth-order valence-corrected chi connectivity index (χ4v) is 5.97. The number of aliphatic imine (C=N–C) groups is 1. The Morgan fingerprint density at radius 2 is 2.09 bits per heavy atom. The lowest BCUT2D eigenvalue weighted by Crippen LogP contribution is -2.39. The number of nitrogens with zero attached hydrogens (tertiary/aromatic N) is 2. The molecule has 1 aliphatic carbocycles. The van der Waals surface area contributed by atoms with Crippen LogP contribution in [0, 0.1) is 36.8 Å². The Bertz CT molecular complexity index is 1280. The van der Waals surface area contributed by atoms with E-state index in [9.17, 15) is 22.4 Å². The van der Waals surface area contributed by atoms with Gasteiger partial charge in [0.1, 0.15) is 11.4 Å². The fourth-order valence-electron chi connectivity index (χ4n) is 4.63. The molecule has 2 aliphatic rings. The minimum absolute atomic E-state index is 0.0656. The molecule has 10 heteroatoms. The van der Waals surface area contributed by atoms with Crippen molar-refractivity contribution in [2.45, 2.75) is 56.4 Å². The summed E-state index contributed by atoms with van der Waals surface area (Å²) in [6, 6.07) is 3.83. The van der Waals surface area contributed by atoms with E-state index in [4.69, 9.17) is 16.9 Å². The number of hydrogen-bond acceptors (Lipinski definition) is 6. The van der Waals surface area contributed by atoms with E-state index in [1.165, 1.54) is 19.2 Å². The number of alkyl halides is 2. The second-order valence-corrected chi connectivity index (χ2v) is 10.4. The minimum Gasteiger partial charge on any atom is -0.476 e. The van der Waals surface area contributed by atoms with Crippen LogP contribution in [-0.2, 0) is 12.0 Å². The molecule has 0 bridgehead atoms. The first-order valence-electron chi connectivity index (χ1n) is 10.8. The topological polar surface area (TPSA) is 77.6 Å². The van der Waals surface area contributed by atoms with Crippen LogP contribution in [0.25, 0.3) is 0 Å². The van der Waals surface area contributed by atoms with Crippen molar-refractivity contribution < 1.29 is 27.1 Å². The average Bonchev–Trinajstić information content (AvgIpc) is 3.53. The molecule has 0 spiro atoms. The predicted molar refractivity (Wildman–Crippen MR) is 126 cm³/mol. The van der Waals surface area contributed by atoms with Crippen molar-refractivity contribution in [2.75, 3.05) is 0 Å². The van der Waals surface area contributed by atoms with Gasteiger partial charge in [-0.2, -0.15) is 0 Å². The van der Waals surface area contributed by atoms with Gasteiger partial charge in [-0.15, -0.1) is 6.42 Å². The number of ether oxygens (including phenoxy) is 1. The summed E-state index contributed by atoms with van der Waals surface area (Å²) in [5.41, 5.74) is 4.96. The molecule has 4 rings (SSSR count). The first-order chi connectivity index (χ1) is 16.4. The number of ketones is 1. The van der Waals surface area contributed by atoms with Crippen LogP contribution in [0.1, 0.15) is 47.4 Å². The van der Waals surface area contributed by atoms with E-state index in [0.29, 0.717) is 11.3 Å². The quantitative estimate of drug-likeness (QED) is 0.333. The van der Waals surface area contributed by atoms with Gasteiger partial charge in [-0.05, 0) is 56.5 Å². The Kier molecular flexibility index (Phi) is 6.34. The highest BCUT2D eigenvalue weighted by atomic mass is 32.2. The number of rotatable bonds is 7. The highest BCUT2D eigenvalue weighted by molar-refractivity contribution is 8.15. The summed E-state index contributed by atoms with van der Waals surface area (Å²) in [6.07, 6.45) is 3.26.